The maximum absolute atomic E-state index is 14.0. The van der Waals surface area contributed by atoms with Crippen molar-refractivity contribution in [1.29, 1.82) is 0 Å². The van der Waals surface area contributed by atoms with E-state index >= 15 is 0 Å². The normalized spacial score (nSPS) is 11.7. The molecule has 0 atom stereocenters. The molecule has 0 aliphatic heterocycles. The molecule has 6 rings (SSSR count). The van der Waals surface area contributed by atoms with Crippen LogP contribution in [0.4, 0.5) is 18.9 Å². The first-order chi connectivity index (χ1) is 20.5. The third-order valence-corrected chi connectivity index (χ3v) is 8.10. The van der Waals surface area contributed by atoms with Gasteiger partial charge in [-0.05, 0) is 43.2 Å². The highest BCUT2D eigenvalue weighted by atomic mass is 32.1. The number of nitrogens with one attached hydrogen (secondary N) is 1. The van der Waals surface area contributed by atoms with Crippen molar-refractivity contribution in [3.05, 3.63) is 94.8 Å². The number of amides is 2. The van der Waals surface area contributed by atoms with Crippen LogP contribution in [-0.2, 0) is 12.7 Å². The third kappa shape index (κ3) is 5.10. The zero-order chi connectivity index (χ0) is 30.5. The summed E-state index contributed by atoms with van der Waals surface area (Å²) in [4.78, 5) is 35.0. The fourth-order valence-electron chi connectivity index (χ4n) is 5.00. The van der Waals surface area contributed by atoms with Gasteiger partial charge in [-0.3, -0.25) is 14.3 Å². The largest absolute Gasteiger partial charge is 0.433 e. The lowest BCUT2D eigenvalue weighted by atomic mass is 10.0. The summed E-state index contributed by atoms with van der Waals surface area (Å²) in [6.07, 6.45) is -2.89. The fraction of sp³-hybridized carbons (Fsp3) is 0.129. The molecule has 0 fully saturated rings. The van der Waals surface area contributed by atoms with Crippen LogP contribution < -0.4 is 11.1 Å². The number of benzene rings is 2. The number of halogens is 3. The van der Waals surface area contributed by atoms with Gasteiger partial charge in [0, 0.05) is 29.1 Å². The van der Waals surface area contributed by atoms with E-state index in [4.69, 9.17) is 10.7 Å². The molecular formula is C31H23F3N6O2S. The van der Waals surface area contributed by atoms with E-state index in [0.717, 1.165) is 17.3 Å². The number of rotatable bonds is 6. The highest BCUT2D eigenvalue weighted by molar-refractivity contribution is 7.21. The van der Waals surface area contributed by atoms with Gasteiger partial charge in [0.15, 0.2) is 0 Å². The van der Waals surface area contributed by atoms with E-state index in [0.29, 0.717) is 40.0 Å². The topological polar surface area (TPSA) is 116 Å². The van der Waals surface area contributed by atoms with Crippen LogP contribution in [0.3, 0.4) is 0 Å². The Bertz CT molecular complexity index is 2050. The van der Waals surface area contributed by atoms with Crippen molar-refractivity contribution in [1.82, 2.24) is 19.7 Å². The number of primary amides is 1. The summed E-state index contributed by atoms with van der Waals surface area (Å²) in [5.74, 6) is -1.50. The summed E-state index contributed by atoms with van der Waals surface area (Å²) in [5.41, 5.74) is 7.96. The minimum atomic E-state index is -4.74. The van der Waals surface area contributed by atoms with Crippen molar-refractivity contribution >= 4 is 50.0 Å². The van der Waals surface area contributed by atoms with E-state index in [9.17, 15) is 22.8 Å². The lowest BCUT2D eigenvalue weighted by Gasteiger charge is -2.13. The number of aryl methyl sites for hydroxylation is 2. The second kappa shape index (κ2) is 10.6. The molecule has 2 amide bonds. The zero-order valence-corrected chi connectivity index (χ0v) is 23.7. The first-order valence-corrected chi connectivity index (χ1v) is 14.0. The van der Waals surface area contributed by atoms with E-state index in [-0.39, 0.29) is 31.9 Å². The SMILES string of the molecule is CCn1cc(-c2cc(C(=O)Nc3c(C(N)=O)sc4nc(C(F)(F)F)cc(-c5ccccc5)c34)c3ccccc3n2)c(C)n1. The molecule has 4 aromatic heterocycles. The van der Waals surface area contributed by atoms with Crippen LogP contribution in [0.1, 0.15) is 38.3 Å². The van der Waals surface area contributed by atoms with Gasteiger partial charge in [-0.1, -0.05) is 48.5 Å². The number of thiophene rings is 1. The molecule has 216 valence electrons. The summed E-state index contributed by atoms with van der Waals surface area (Å²) in [6, 6.07) is 18.0. The third-order valence-electron chi connectivity index (χ3n) is 7.01. The lowest BCUT2D eigenvalue weighted by Crippen LogP contribution is -2.17. The minimum absolute atomic E-state index is 0.00463. The van der Waals surface area contributed by atoms with E-state index < -0.39 is 23.7 Å². The van der Waals surface area contributed by atoms with E-state index in [2.05, 4.69) is 15.4 Å². The number of hydrogen-bond donors (Lipinski definition) is 2. The molecule has 4 heterocycles. The quantitative estimate of drug-likeness (QED) is 0.212. The number of alkyl halides is 3. The van der Waals surface area contributed by atoms with Crippen LogP contribution in [0.2, 0.25) is 0 Å². The standard InChI is InChI=1S/C31H23F3N6O2S/c1-3-40-15-21(16(2)39-40)23-13-20(18-11-7-8-12-22(18)36-23)29(42)38-26-25-19(17-9-5-4-6-10-17)14-24(31(32,33)34)37-30(25)43-27(26)28(35)41/h4-15H,3H2,1-2H3,(H2,35,41)(H,38,42). The number of para-hydroxylation sites is 1. The molecule has 0 spiro atoms. The van der Waals surface area contributed by atoms with Crippen LogP contribution >= 0.6 is 11.3 Å². The smallest absolute Gasteiger partial charge is 0.365 e. The first-order valence-electron chi connectivity index (χ1n) is 13.2. The number of pyridine rings is 2. The Hall–Kier alpha value is -5.10. The number of fused-ring (bicyclic) bond motifs is 2. The molecule has 0 unspecified atom stereocenters. The van der Waals surface area contributed by atoms with Gasteiger partial charge < -0.3 is 11.1 Å². The minimum Gasteiger partial charge on any atom is -0.365 e. The Labute approximate surface area is 247 Å². The molecule has 0 saturated carbocycles. The number of nitrogens with zero attached hydrogens (tertiary/aromatic N) is 4. The summed E-state index contributed by atoms with van der Waals surface area (Å²) in [6.45, 7) is 4.46. The number of nitrogens with two attached hydrogens (primary N) is 1. The maximum atomic E-state index is 14.0. The van der Waals surface area contributed by atoms with E-state index in [1.54, 1.807) is 65.3 Å². The van der Waals surface area contributed by atoms with Crippen LogP contribution in [0, 0.1) is 6.92 Å². The predicted octanol–water partition coefficient (Wildman–Crippen LogP) is 7.07. The molecule has 2 aromatic carbocycles. The molecule has 0 saturated heterocycles. The Morgan fingerprint density at radius 1 is 1.00 bits per heavy atom. The number of aromatic nitrogens is 4. The summed E-state index contributed by atoms with van der Waals surface area (Å²) in [5, 5.41) is 8.02. The Balaban J connectivity index is 1.56. The summed E-state index contributed by atoms with van der Waals surface area (Å²) < 4.78 is 43.3. The summed E-state index contributed by atoms with van der Waals surface area (Å²) in [7, 11) is 0. The van der Waals surface area contributed by atoms with Crippen LogP contribution in [-0.4, -0.2) is 31.6 Å². The van der Waals surface area contributed by atoms with E-state index in [1.807, 2.05) is 20.0 Å². The van der Waals surface area contributed by atoms with E-state index in [1.165, 1.54) is 0 Å². The molecule has 0 aliphatic rings. The van der Waals surface area contributed by atoms with Crippen molar-refractivity contribution in [2.75, 3.05) is 5.32 Å². The average Bonchev–Trinajstić information content (AvgIpc) is 3.56. The maximum Gasteiger partial charge on any atom is 0.433 e. The van der Waals surface area contributed by atoms with Crippen LogP contribution in [0.5, 0.6) is 0 Å². The molecule has 8 nitrogen and oxygen atoms in total. The van der Waals surface area contributed by atoms with Crippen molar-refractivity contribution in [2.24, 2.45) is 5.73 Å². The molecule has 0 aliphatic carbocycles. The van der Waals surface area contributed by atoms with Gasteiger partial charge in [-0.25, -0.2) is 9.97 Å². The van der Waals surface area contributed by atoms with Crippen LogP contribution in [0.15, 0.2) is 72.9 Å². The van der Waals surface area contributed by atoms with Crippen molar-refractivity contribution in [3.63, 3.8) is 0 Å². The van der Waals surface area contributed by atoms with Gasteiger partial charge in [0.2, 0.25) is 0 Å². The second-order valence-electron chi connectivity index (χ2n) is 9.78. The highest BCUT2D eigenvalue weighted by Gasteiger charge is 2.35. The predicted molar refractivity (Wildman–Crippen MR) is 160 cm³/mol. The van der Waals surface area contributed by atoms with Gasteiger partial charge in [-0.2, -0.15) is 18.3 Å². The molecule has 12 heteroatoms. The Morgan fingerprint density at radius 2 is 1.72 bits per heavy atom. The molecule has 43 heavy (non-hydrogen) atoms. The molecule has 3 N–H and O–H groups in total. The summed E-state index contributed by atoms with van der Waals surface area (Å²) >= 11 is 0.695. The Kier molecular flexibility index (Phi) is 6.93. The van der Waals surface area contributed by atoms with Gasteiger partial charge in [0.25, 0.3) is 11.8 Å². The molecule has 0 radical (unpaired) electrons. The lowest BCUT2D eigenvalue weighted by molar-refractivity contribution is -0.140. The first kappa shape index (κ1) is 28.0. The van der Waals surface area contributed by atoms with Gasteiger partial charge in [0.1, 0.15) is 15.4 Å². The van der Waals surface area contributed by atoms with Gasteiger partial charge >= 0.3 is 6.18 Å². The van der Waals surface area contributed by atoms with Crippen molar-refractivity contribution in [3.8, 4) is 22.4 Å². The monoisotopic (exact) mass is 600 g/mol. The second-order valence-corrected chi connectivity index (χ2v) is 10.8. The van der Waals surface area contributed by atoms with Crippen molar-refractivity contribution in [2.45, 2.75) is 26.6 Å². The highest BCUT2D eigenvalue weighted by Crippen LogP contribution is 2.44. The number of carbonyl (C=O) groups is 2. The zero-order valence-electron chi connectivity index (χ0n) is 22.9. The van der Waals surface area contributed by atoms with Crippen molar-refractivity contribution < 1.29 is 22.8 Å². The Morgan fingerprint density at radius 3 is 2.40 bits per heavy atom. The average molecular weight is 601 g/mol. The molecule has 6 aromatic rings. The molecule has 0 bridgehead atoms. The molecular weight excluding hydrogens is 577 g/mol. The number of hydrogen-bond acceptors (Lipinski definition) is 6. The number of carbonyl (C=O) groups excluding carboxylic acids is 2. The van der Waals surface area contributed by atoms with Gasteiger partial charge in [-0.15, -0.1) is 11.3 Å². The number of anilines is 1. The fourth-order valence-corrected chi connectivity index (χ4v) is 6.00. The van der Waals surface area contributed by atoms with Crippen LogP contribution in [0.25, 0.3) is 43.5 Å². The van der Waals surface area contributed by atoms with Gasteiger partial charge in [0.05, 0.1) is 28.2 Å².